The normalized spacial score (nSPS) is 16.5. The highest BCUT2D eigenvalue weighted by molar-refractivity contribution is 5.95. The van der Waals surface area contributed by atoms with E-state index in [1.165, 1.54) is 16.8 Å². The molecule has 152 valence electrons. The van der Waals surface area contributed by atoms with Gasteiger partial charge in [0.2, 0.25) is 0 Å². The van der Waals surface area contributed by atoms with E-state index in [2.05, 4.69) is 63.3 Å². The molecule has 0 saturated carbocycles. The standard InChI is InChI=1S/C25H26N4O/c30-25(28-14-12-27(13-15-28)19-20-6-2-1-3-7-20)22-16-23(18-26-17-22)29-11-10-21-8-4-5-9-24(21)29/h1-9,16-18H,10-15,19H2. The van der Waals surface area contributed by atoms with Crippen molar-refractivity contribution < 1.29 is 4.79 Å². The van der Waals surface area contributed by atoms with Gasteiger partial charge in [-0.3, -0.25) is 14.7 Å². The molecule has 0 N–H and O–H groups in total. The van der Waals surface area contributed by atoms with Crippen LogP contribution in [-0.4, -0.2) is 53.4 Å². The summed E-state index contributed by atoms with van der Waals surface area (Å²) in [5.74, 6) is 0.0798. The first-order chi connectivity index (χ1) is 14.8. The van der Waals surface area contributed by atoms with Crippen molar-refractivity contribution in [2.24, 2.45) is 0 Å². The average Bonchev–Trinajstić information content (AvgIpc) is 3.24. The Morgan fingerprint density at radius 3 is 2.47 bits per heavy atom. The Balaban J connectivity index is 1.25. The number of hydrogen-bond acceptors (Lipinski definition) is 4. The molecule has 30 heavy (non-hydrogen) atoms. The second-order valence-electron chi connectivity index (χ2n) is 8.02. The lowest BCUT2D eigenvalue weighted by Crippen LogP contribution is -2.48. The summed E-state index contributed by atoms with van der Waals surface area (Å²) in [6.45, 7) is 5.16. The molecule has 2 aliphatic heterocycles. The molecule has 5 nitrogen and oxygen atoms in total. The predicted octanol–water partition coefficient (Wildman–Crippen LogP) is 3.73. The summed E-state index contributed by atoms with van der Waals surface area (Å²) in [6, 6.07) is 21.0. The maximum Gasteiger partial charge on any atom is 0.255 e. The van der Waals surface area contributed by atoms with Crippen LogP contribution in [0.1, 0.15) is 21.5 Å². The van der Waals surface area contributed by atoms with Crippen molar-refractivity contribution in [1.82, 2.24) is 14.8 Å². The van der Waals surface area contributed by atoms with E-state index in [0.717, 1.165) is 51.4 Å². The predicted molar refractivity (Wildman–Crippen MR) is 119 cm³/mol. The van der Waals surface area contributed by atoms with Crippen LogP contribution in [0, 0.1) is 0 Å². The Morgan fingerprint density at radius 1 is 0.867 bits per heavy atom. The van der Waals surface area contributed by atoms with Crippen molar-refractivity contribution in [3.8, 4) is 0 Å². The van der Waals surface area contributed by atoms with Crippen LogP contribution in [0.3, 0.4) is 0 Å². The number of benzene rings is 2. The molecule has 1 fully saturated rings. The van der Waals surface area contributed by atoms with E-state index < -0.39 is 0 Å². The number of carbonyl (C=O) groups excluding carboxylic acids is 1. The van der Waals surface area contributed by atoms with Crippen molar-refractivity contribution in [1.29, 1.82) is 0 Å². The minimum Gasteiger partial charge on any atom is -0.340 e. The summed E-state index contributed by atoms with van der Waals surface area (Å²) < 4.78 is 0. The summed E-state index contributed by atoms with van der Waals surface area (Å²) in [7, 11) is 0. The van der Waals surface area contributed by atoms with Gasteiger partial charge in [-0.2, -0.15) is 0 Å². The molecule has 1 aromatic heterocycles. The van der Waals surface area contributed by atoms with Crippen LogP contribution in [0.15, 0.2) is 73.1 Å². The van der Waals surface area contributed by atoms with Gasteiger partial charge in [-0.15, -0.1) is 0 Å². The van der Waals surface area contributed by atoms with Gasteiger partial charge in [-0.1, -0.05) is 48.5 Å². The zero-order chi connectivity index (χ0) is 20.3. The van der Waals surface area contributed by atoms with E-state index in [4.69, 9.17) is 0 Å². The third-order valence-corrected chi connectivity index (χ3v) is 6.08. The highest BCUT2D eigenvalue weighted by Crippen LogP contribution is 2.34. The fourth-order valence-corrected chi connectivity index (χ4v) is 4.43. The van der Waals surface area contributed by atoms with Crippen LogP contribution in [0.25, 0.3) is 0 Å². The quantitative estimate of drug-likeness (QED) is 0.671. The van der Waals surface area contributed by atoms with Gasteiger partial charge in [0.25, 0.3) is 5.91 Å². The smallest absolute Gasteiger partial charge is 0.255 e. The molecular weight excluding hydrogens is 372 g/mol. The molecule has 0 radical (unpaired) electrons. The van der Waals surface area contributed by atoms with Crippen molar-refractivity contribution in [3.05, 3.63) is 89.7 Å². The van der Waals surface area contributed by atoms with E-state index in [1.807, 2.05) is 23.2 Å². The molecule has 1 amide bonds. The second kappa shape index (κ2) is 8.28. The number of amides is 1. The minimum atomic E-state index is 0.0798. The highest BCUT2D eigenvalue weighted by atomic mass is 16.2. The summed E-state index contributed by atoms with van der Waals surface area (Å²) in [5, 5.41) is 0. The minimum absolute atomic E-state index is 0.0798. The van der Waals surface area contributed by atoms with Gasteiger partial charge >= 0.3 is 0 Å². The Hall–Kier alpha value is -3.18. The number of hydrogen-bond donors (Lipinski definition) is 0. The maximum atomic E-state index is 13.1. The molecule has 5 rings (SSSR count). The number of pyridine rings is 1. The number of rotatable bonds is 4. The van der Waals surface area contributed by atoms with E-state index in [9.17, 15) is 4.79 Å². The van der Waals surface area contributed by atoms with Crippen LogP contribution >= 0.6 is 0 Å². The fourth-order valence-electron chi connectivity index (χ4n) is 4.43. The summed E-state index contributed by atoms with van der Waals surface area (Å²) >= 11 is 0. The first-order valence-electron chi connectivity index (χ1n) is 10.6. The third kappa shape index (κ3) is 3.81. The molecule has 0 atom stereocenters. The van der Waals surface area contributed by atoms with Gasteiger partial charge < -0.3 is 9.80 Å². The van der Waals surface area contributed by atoms with Gasteiger partial charge in [-0.25, -0.2) is 0 Å². The van der Waals surface area contributed by atoms with Crippen LogP contribution in [0.5, 0.6) is 0 Å². The SMILES string of the molecule is O=C(c1cncc(N2CCc3ccccc32)c1)N1CCN(Cc2ccccc2)CC1. The highest BCUT2D eigenvalue weighted by Gasteiger charge is 2.24. The van der Waals surface area contributed by atoms with Crippen LogP contribution in [0.2, 0.25) is 0 Å². The lowest BCUT2D eigenvalue weighted by atomic mass is 10.1. The lowest BCUT2D eigenvalue weighted by Gasteiger charge is -2.34. The molecule has 0 bridgehead atoms. The number of anilines is 2. The number of fused-ring (bicyclic) bond motifs is 1. The van der Waals surface area contributed by atoms with E-state index >= 15 is 0 Å². The first-order valence-corrected chi connectivity index (χ1v) is 10.6. The number of para-hydroxylation sites is 1. The Kier molecular flexibility index (Phi) is 5.20. The molecular formula is C25H26N4O. The average molecular weight is 399 g/mol. The molecule has 5 heteroatoms. The number of piperazine rings is 1. The fraction of sp³-hybridized carbons (Fsp3) is 0.280. The monoisotopic (exact) mass is 398 g/mol. The van der Waals surface area contributed by atoms with Crippen LogP contribution in [0.4, 0.5) is 11.4 Å². The van der Waals surface area contributed by atoms with Gasteiger partial charge in [0, 0.05) is 51.2 Å². The van der Waals surface area contributed by atoms with Crippen molar-refractivity contribution >= 4 is 17.3 Å². The number of aromatic nitrogens is 1. The molecule has 2 aromatic carbocycles. The topological polar surface area (TPSA) is 39.7 Å². The Labute approximate surface area is 177 Å². The molecule has 3 heterocycles. The second-order valence-corrected chi connectivity index (χ2v) is 8.02. The largest absolute Gasteiger partial charge is 0.340 e. The summed E-state index contributed by atoms with van der Waals surface area (Å²) in [4.78, 5) is 24.1. The molecule has 3 aromatic rings. The number of nitrogens with zero attached hydrogens (tertiary/aromatic N) is 4. The van der Waals surface area contributed by atoms with E-state index in [-0.39, 0.29) is 5.91 Å². The van der Waals surface area contributed by atoms with Gasteiger partial charge in [0.05, 0.1) is 17.4 Å². The van der Waals surface area contributed by atoms with Crippen LogP contribution in [-0.2, 0) is 13.0 Å². The Morgan fingerprint density at radius 2 is 1.63 bits per heavy atom. The van der Waals surface area contributed by atoms with E-state index in [1.54, 1.807) is 6.20 Å². The zero-order valence-corrected chi connectivity index (χ0v) is 17.1. The third-order valence-electron chi connectivity index (χ3n) is 6.08. The van der Waals surface area contributed by atoms with Crippen LogP contribution < -0.4 is 4.90 Å². The van der Waals surface area contributed by atoms with Gasteiger partial charge in [0.15, 0.2) is 0 Å². The van der Waals surface area contributed by atoms with Gasteiger partial charge in [-0.05, 0) is 29.7 Å². The Bertz CT molecular complexity index is 1030. The molecule has 2 aliphatic rings. The first kappa shape index (κ1) is 18.8. The molecule has 1 saturated heterocycles. The van der Waals surface area contributed by atoms with Crippen molar-refractivity contribution in [2.45, 2.75) is 13.0 Å². The molecule has 0 aliphatic carbocycles. The van der Waals surface area contributed by atoms with Crippen molar-refractivity contribution in [3.63, 3.8) is 0 Å². The zero-order valence-electron chi connectivity index (χ0n) is 17.1. The lowest BCUT2D eigenvalue weighted by molar-refractivity contribution is 0.0628. The molecule has 0 spiro atoms. The molecule has 0 unspecified atom stereocenters. The van der Waals surface area contributed by atoms with Gasteiger partial charge in [0.1, 0.15) is 0 Å². The summed E-state index contributed by atoms with van der Waals surface area (Å²) in [5.41, 5.74) is 5.56. The maximum absolute atomic E-state index is 13.1. The van der Waals surface area contributed by atoms with E-state index in [0.29, 0.717) is 5.56 Å². The summed E-state index contributed by atoms with van der Waals surface area (Å²) in [6.07, 6.45) is 4.58. The number of carbonyl (C=O) groups is 1. The van der Waals surface area contributed by atoms with Crippen molar-refractivity contribution in [2.75, 3.05) is 37.6 Å².